The fourth-order valence-electron chi connectivity index (χ4n) is 3.14. The summed E-state index contributed by atoms with van der Waals surface area (Å²) >= 11 is 0. The lowest BCUT2D eigenvalue weighted by Crippen LogP contribution is -2.34. The predicted octanol–water partition coefficient (Wildman–Crippen LogP) is 3.00. The zero-order chi connectivity index (χ0) is 12.4. The first-order valence-electron chi connectivity index (χ1n) is 6.79. The molecule has 1 aromatic rings. The van der Waals surface area contributed by atoms with Gasteiger partial charge in [0.2, 0.25) is 6.08 Å². The number of carbonyl (C=O) groups excluding carboxylic acids is 1. The van der Waals surface area contributed by atoms with Gasteiger partial charge in [-0.2, -0.15) is 4.99 Å². The molecule has 0 amide bonds. The highest BCUT2D eigenvalue weighted by Gasteiger charge is 2.41. The van der Waals surface area contributed by atoms with Gasteiger partial charge in [-0.1, -0.05) is 18.2 Å². The fraction of sp³-hybridized carbons (Fsp3) is 0.533. The summed E-state index contributed by atoms with van der Waals surface area (Å²) < 4.78 is 0. The Morgan fingerprint density at radius 3 is 2.44 bits per heavy atom. The number of rotatable bonds is 3. The van der Waals surface area contributed by atoms with Crippen LogP contribution < -0.4 is 4.90 Å². The van der Waals surface area contributed by atoms with Crippen LogP contribution in [0.3, 0.4) is 0 Å². The minimum absolute atomic E-state index is 0.277. The first-order valence-corrected chi connectivity index (χ1v) is 6.79. The maximum absolute atomic E-state index is 10.7. The molecule has 0 aromatic heterocycles. The quantitative estimate of drug-likeness (QED) is 0.603. The first kappa shape index (κ1) is 11.5. The summed E-state index contributed by atoms with van der Waals surface area (Å²) in [6.45, 7) is 2.25. The molecule has 18 heavy (non-hydrogen) atoms. The van der Waals surface area contributed by atoms with Gasteiger partial charge in [-0.3, -0.25) is 0 Å². The molecule has 1 saturated heterocycles. The summed E-state index contributed by atoms with van der Waals surface area (Å²) in [6.07, 6.45) is 7.42. The number of isocyanates is 1. The Kier molecular flexibility index (Phi) is 2.92. The van der Waals surface area contributed by atoms with Crippen molar-refractivity contribution in [2.75, 3.05) is 18.0 Å². The molecule has 2 aliphatic rings. The van der Waals surface area contributed by atoms with Crippen molar-refractivity contribution in [1.82, 2.24) is 0 Å². The Bertz CT molecular complexity index is 481. The molecule has 0 radical (unpaired) electrons. The minimum Gasteiger partial charge on any atom is -0.371 e. The second-order valence-corrected chi connectivity index (χ2v) is 5.30. The highest BCUT2D eigenvalue weighted by Crippen LogP contribution is 2.48. The smallest absolute Gasteiger partial charge is 0.235 e. The van der Waals surface area contributed by atoms with E-state index in [-0.39, 0.29) is 5.54 Å². The molecule has 3 nitrogen and oxygen atoms in total. The van der Waals surface area contributed by atoms with Crippen molar-refractivity contribution < 1.29 is 4.79 Å². The van der Waals surface area contributed by atoms with Gasteiger partial charge in [0, 0.05) is 24.3 Å². The third-order valence-electron chi connectivity index (χ3n) is 4.29. The zero-order valence-corrected chi connectivity index (χ0v) is 10.6. The molecule has 3 heteroatoms. The highest BCUT2D eigenvalue weighted by molar-refractivity contribution is 5.59. The van der Waals surface area contributed by atoms with Crippen molar-refractivity contribution in [3.05, 3.63) is 29.8 Å². The van der Waals surface area contributed by atoms with Gasteiger partial charge in [0.25, 0.3) is 0 Å². The summed E-state index contributed by atoms with van der Waals surface area (Å²) in [7, 11) is 0. The summed E-state index contributed by atoms with van der Waals surface area (Å²) in [6, 6.07) is 8.43. The average molecular weight is 242 g/mol. The number of anilines is 1. The van der Waals surface area contributed by atoms with Gasteiger partial charge in [-0.15, -0.1) is 0 Å². The topological polar surface area (TPSA) is 32.7 Å². The maximum Gasteiger partial charge on any atom is 0.235 e. The first-order chi connectivity index (χ1) is 8.86. The number of benzene rings is 1. The van der Waals surface area contributed by atoms with E-state index in [1.54, 1.807) is 6.08 Å². The second-order valence-electron chi connectivity index (χ2n) is 5.30. The van der Waals surface area contributed by atoms with Gasteiger partial charge in [0.1, 0.15) is 5.54 Å². The Morgan fingerprint density at radius 2 is 1.83 bits per heavy atom. The second kappa shape index (κ2) is 4.58. The van der Waals surface area contributed by atoms with Crippen LogP contribution in [-0.2, 0) is 10.3 Å². The molecule has 0 spiro atoms. The van der Waals surface area contributed by atoms with Gasteiger partial charge >= 0.3 is 0 Å². The predicted molar refractivity (Wildman–Crippen MR) is 71.5 cm³/mol. The Balaban J connectivity index is 2.02. The van der Waals surface area contributed by atoms with E-state index in [1.807, 2.05) is 0 Å². The van der Waals surface area contributed by atoms with Crippen molar-refractivity contribution >= 4 is 11.8 Å². The molecule has 0 N–H and O–H groups in total. The molecule has 1 aliphatic heterocycles. The van der Waals surface area contributed by atoms with Crippen LogP contribution in [0.25, 0.3) is 0 Å². The van der Waals surface area contributed by atoms with Crippen LogP contribution in [0.15, 0.2) is 29.3 Å². The van der Waals surface area contributed by atoms with Crippen LogP contribution >= 0.6 is 0 Å². The monoisotopic (exact) mass is 242 g/mol. The third kappa shape index (κ3) is 1.75. The van der Waals surface area contributed by atoms with Gasteiger partial charge in [0.05, 0.1) is 0 Å². The standard InChI is InChI=1S/C15H18N2O/c18-12-16-15(8-5-9-15)13-6-1-2-7-14(13)17-10-3-4-11-17/h1-2,6-7H,3-5,8-11H2. The van der Waals surface area contributed by atoms with Gasteiger partial charge in [-0.05, 0) is 38.2 Å². The van der Waals surface area contributed by atoms with E-state index >= 15 is 0 Å². The minimum atomic E-state index is -0.277. The summed E-state index contributed by atoms with van der Waals surface area (Å²) in [5.74, 6) is 0. The SMILES string of the molecule is O=C=NC1(c2ccccc2N2CCCC2)CCC1. The fourth-order valence-corrected chi connectivity index (χ4v) is 3.14. The van der Waals surface area contributed by atoms with Crippen LogP contribution in [0, 0.1) is 0 Å². The van der Waals surface area contributed by atoms with E-state index in [1.165, 1.54) is 24.1 Å². The molecule has 1 saturated carbocycles. The van der Waals surface area contributed by atoms with E-state index in [9.17, 15) is 4.79 Å². The van der Waals surface area contributed by atoms with Gasteiger partial charge in [-0.25, -0.2) is 4.79 Å². The average Bonchev–Trinajstić information content (AvgIpc) is 2.88. The van der Waals surface area contributed by atoms with Crippen LogP contribution in [0.1, 0.15) is 37.7 Å². The summed E-state index contributed by atoms with van der Waals surface area (Å²) in [5, 5.41) is 0. The molecule has 0 bridgehead atoms. The van der Waals surface area contributed by atoms with Crippen LogP contribution in [0.2, 0.25) is 0 Å². The number of hydrogen-bond donors (Lipinski definition) is 0. The zero-order valence-electron chi connectivity index (χ0n) is 10.6. The van der Waals surface area contributed by atoms with Crippen LogP contribution in [-0.4, -0.2) is 19.2 Å². The Labute approximate surface area is 108 Å². The van der Waals surface area contributed by atoms with Gasteiger partial charge < -0.3 is 4.90 Å². The highest BCUT2D eigenvalue weighted by atomic mass is 16.1. The van der Waals surface area contributed by atoms with Crippen molar-refractivity contribution in [2.45, 2.75) is 37.6 Å². The molecule has 3 rings (SSSR count). The normalized spacial score (nSPS) is 21.2. The molecule has 0 unspecified atom stereocenters. The maximum atomic E-state index is 10.7. The van der Waals surface area contributed by atoms with E-state index in [2.05, 4.69) is 34.2 Å². The number of para-hydroxylation sites is 1. The lowest BCUT2D eigenvalue weighted by molar-refractivity contribution is 0.256. The van der Waals surface area contributed by atoms with Crippen LogP contribution in [0.4, 0.5) is 5.69 Å². The largest absolute Gasteiger partial charge is 0.371 e. The molecule has 1 aliphatic carbocycles. The van der Waals surface area contributed by atoms with Gasteiger partial charge in [0.15, 0.2) is 0 Å². The number of nitrogens with zero attached hydrogens (tertiary/aromatic N) is 2. The molecular weight excluding hydrogens is 224 g/mol. The lowest BCUT2D eigenvalue weighted by atomic mass is 9.71. The van der Waals surface area contributed by atoms with Crippen molar-refractivity contribution in [3.63, 3.8) is 0 Å². The molecule has 2 fully saturated rings. The van der Waals surface area contributed by atoms with E-state index < -0.39 is 0 Å². The number of hydrogen-bond acceptors (Lipinski definition) is 3. The molecular formula is C15H18N2O. The molecule has 0 atom stereocenters. The van der Waals surface area contributed by atoms with E-state index in [4.69, 9.17) is 0 Å². The third-order valence-corrected chi connectivity index (χ3v) is 4.29. The molecule has 94 valence electrons. The van der Waals surface area contributed by atoms with Crippen LogP contribution in [0.5, 0.6) is 0 Å². The Hall–Kier alpha value is -1.60. The summed E-state index contributed by atoms with van der Waals surface area (Å²) in [4.78, 5) is 17.3. The summed E-state index contributed by atoms with van der Waals surface area (Å²) in [5.41, 5.74) is 2.22. The molecule has 1 aromatic carbocycles. The molecule has 1 heterocycles. The van der Waals surface area contributed by atoms with E-state index in [0.717, 1.165) is 32.4 Å². The number of aliphatic imine (C=N–C) groups is 1. The van der Waals surface area contributed by atoms with Crippen molar-refractivity contribution in [3.8, 4) is 0 Å². The lowest BCUT2D eigenvalue weighted by Gasteiger charge is -2.39. The Morgan fingerprint density at radius 1 is 1.11 bits per heavy atom. The van der Waals surface area contributed by atoms with Crippen molar-refractivity contribution in [2.24, 2.45) is 4.99 Å². The van der Waals surface area contributed by atoms with E-state index in [0.29, 0.717) is 0 Å². The van der Waals surface area contributed by atoms with Crippen molar-refractivity contribution in [1.29, 1.82) is 0 Å².